The summed E-state index contributed by atoms with van der Waals surface area (Å²) < 4.78 is 96.4. The van der Waals surface area contributed by atoms with Crippen LogP contribution in [-0.4, -0.2) is 20.7 Å². The van der Waals surface area contributed by atoms with Crippen LogP contribution >= 0.6 is 0 Å². The van der Waals surface area contributed by atoms with Crippen molar-refractivity contribution < 1.29 is 35.5 Å². The van der Waals surface area contributed by atoms with Crippen LogP contribution in [0.25, 0.3) is 17.0 Å². The molecule has 4 aromatic rings. The summed E-state index contributed by atoms with van der Waals surface area (Å²) in [7, 11) is 0. The van der Waals surface area contributed by atoms with E-state index in [4.69, 9.17) is 0 Å². The molecule has 1 N–H and O–H groups in total. The Balaban J connectivity index is 1.78. The van der Waals surface area contributed by atoms with E-state index in [1.807, 2.05) is 0 Å². The van der Waals surface area contributed by atoms with E-state index < -0.39 is 35.5 Å². The van der Waals surface area contributed by atoms with Crippen molar-refractivity contribution in [2.24, 2.45) is 0 Å². The fourth-order valence-electron chi connectivity index (χ4n) is 3.13. The van der Waals surface area contributed by atoms with Crippen molar-refractivity contribution in [1.29, 1.82) is 5.26 Å². The number of ether oxygens (including phenoxy) is 1. The average molecular weight is 481 g/mol. The number of imidazole rings is 1. The fraction of sp³-hybridized carbons (Fsp3) is 0.0952. The molecule has 1 aromatic carbocycles. The van der Waals surface area contributed by atoms with E-state index in [9.17, 15) is 36.0 Å². The number of halogens is 7. The molecule has 0 saturated carbocycles. The van der Waals surface area contributed by atoms with Crippen molar-refractivity contribution in [2.75, 3.05) is 5.32 Å². The van der Waals surface area contributed by atoms with Gasteiger partial charge < -0.3 is 10.1 Å². The highest BCUT2D eigenvalue weighted by atomic mass is 19.4. The summed E-state index contributed by atoms with van der Waals surface area (Å²) in [5, 5.41) is 12.1. The lowest BCUT2D eigenvalue weighted by Gasteiger charge is -2.12. The van der Waals surface area contributed by atoms with E-state index >= 15 is 0 Å². The summed E-state index contributed by atoms with van der Waals surface area (Å²) in [6, 6.07) is 10.6. The molecule has 3 aromatic heterocycles. The van der Waals surface area contributed by atoms with Gasteiger partial charge in [0.25, 0.3) is 0 Å². The lowest BCUT2D eigenvalue weighted by molar-refractivity contribution is -0.274. The average Bonchev–Trinajstić information content (AvgIpc) is 3.13. The van der Waals surface area contributed by atoms with E-state index in [2.05, 4.69) is 20.0 Å². The van der Waals surface area contributed by atoms with E-state index in [1.54, 1.807) is 6.07 Å². The maximum absolute atomic E-state index is 13.8. The first-order valence-corrected chi connectivity index (χ1v) is 9.23. The van der Waals surface area contributed by atoms with Gasteiger partial charge in [-0.15, -0.1) is 13.2 Å². The highest BCUT2D eigenvalue weighted by molar-refractivity contribution is 5.69. The molecule has 13 heteroatoms. The molecular weight excluding hydrogens is 471 g/mol. The van der Waals surface area contributed by atoms with Crippen molar-refractivity contribution in [3.8, 4) is 23.2 Å². The fourth-order valence-corrected chi connectivity index (χ4v) is 3.13. The van der Waals surface area contributed by atoms with Crippen molar-refractivity contribution in [2.45, 2.75) is 12.5 Å². The number of nitriles is 1. The summed E-state index contributed by atoms with van der Waals surface area (Å²) in [6.07, 6.45) is -8.99. The van der Waals surface area contributed by atoms with Gasteiger partial charge in [0.05, 0.1) is 17.3 Å². The molecule has 0 atom stereocenters. The Labute approximate surface area is 185 Å². The number of nitrogens with zero attached hydrogens (tertiary/aromatic N) is 4. The topological polar surface area (TPSA) is 75.2 Å². The Morgan fingerprint density at radius 3 is 2.26 bits per heavy atom. The van der Waals surface area contributed by atoms with Crippen LogP contribution in [0.5, 0.6) is 5.75 Å². The van der Waals surface area contributed by atoms with Crippen molar-refractivity contribution >= 4 is 17.2 Å². The minimum Gasteiger partial charge on any atom is -0.406 e. The SMILES string of the molecule is N#Cc1cc(Nc2ccc(OC(F)(F)F)cc2)nc(-c2c(C(F)(F)F)nc3ccc(F)cn23)c1. The third kappa shape index (κ3) is 4.85. The number of fused-ring (bicyclic) bond motifs is 1. The van der Waals surface area contributed by atoms with Crippen LogP contribution in [0.4, 0.5) is 42.2 Å². The van der Waals surface area contributed by atoms with Crippen molar-refractivity contribution in [3.63, 3.8) is 0 Å². The van der Waals surface area contributed by atoms with Gasteiger partial charge in [0, 0.05) is 11.9 Å². The van der Waals surface area contributed by atoms with Crippen LogP contribution in [0, 0.1) is 17.1 Å². The highest BCUT2D eigenvalue weighted by Gasteiger charge is 2.39. The maximum atomic E-state index is 13.8. The van der Waals surface area contributed by atoms with Gasteiger partial charge in [-0.2, -0.15) is 18.4 Å². The number of alkyl halides is 6. The van der Waals surface area contributed by atoms with Gasteiger partial charge >= 0.3 is 12.5 Å². The monoisotopic (exact) mass is 481 g/mol. The lowest BCUT2D eigenvalue weighted by atomic mass is 10.1. The number of benzene rings is 1. The van der Waals surface area contributed by atoms with E-state index in [-0.39, 0.29) is 28.4 Å². The minimum absolute atomic E-state index is 0.0796. The second kappa shape index (κ2) is 8.22. The zero-order chi connectivity index (χ0) is 24.7. The summed E-state index contributed by atoms with van der Waals surface area (Å²) in [5.74, 6) is -1.39. The zero-order valence-corrected chi connectivity index (χ0v) is 16.5. The largest absolute Gasteiger partial charge is 0.573 e. The second-order valence-corrected chi connectivity index (χ2v) is 6.82. The van der Waals surface area contributed by atoms with Crippen LogP contribution in [0.15, 0.2) is 54.7 Å². The van der Waals surface area contributed by atoms with Crippen LogP contribution in [0.2, 0.25) is 0 Å². The number of aromatic nitrogens is 3. The molecule has 174 valence electrons. The number of rotatable bonds is 4. The first kappa shape index (κ1) is 22.8. The van der Waals surface area contributed by atoms with Gasteiger partial charge in [-0.3, -0.25) is 4.40 Å². The number of hydrogen-bond donors (Lipinski definition) is 1. The maximum Gasteiger partial charge on any atom is 0.573 e. The first-order chi connectivity index (χ1) is 15.9. The number of nitrogens with one attached hydrogen (secondary N) is 1. The van der Waals surface area contributed by atoms with Crippen LogP contribution in [0.1, 0.15) is 11.3 Å². The summed E-state index contributed by atoms with van der Waals surface area (Å²) in [6.45, 7) is 0. The molecule has 34 heavy (non-hydrogen) atoms. The smallest absolute Gasteiger partial charge is 0.406 e. The molecule has 0 radical (unpaired) electrons. The molecule has 4 rings (SSSR count). The van der Waals surface area contributed by atoms with Crippen LogP contribution in [-0.2, 0) is 6.18 Å². The molecule has 3 heterocycles. The summed E-state index contributed by atoms with van der Waals surface area (Å²) >= 11 is 0. The molecule has 6 nitrogen and oxygen atoms in total. The highest BCUT2D eigenvalue weighted by Crippen LogP contribution is 2.37. The molecule has 0 aliphatic carbocycles. The van der Waals surface area contributed by atoms with Crippen molar-refractivity contribution in [1.82, 2.24) is 14.4 Å². The van der Waals surface area contributed by atoms with E-state index in [0.717, 1.165) is 40.9 Å². The van der Waals surface area contributed by atoms with Gasteiger partial charge in [-0.05, 0) is 48.5 Å². The standard InChI is InChI=1S/C21H10F7N5O/c22-12-1-6-17-32-19(20(23,24)25)18(33(17)10-12)15-7-11(9-29)8-16(31-15)30-13-2-4-14(5-3-13)34-21(26,27)28/h1-8,10H,(H,30,31). The Hall–Kier alpha value is -4.34. The van der Waals surface area contributed by atoms with E-state index in [1.165, 1.54) is 18.2 Å². The Bertz CT molecular complexity index is 1400. The number of hydrogen-bond acceptors (Lipinski definition) is 5. The third-order valence-corrected chi connectivity index (χ3v) is 4.41. The molecular formula is C21H10F7N5O. The number of pyridine rings is 2. The predicted molar refractivity (Wildman–Crippen MR) is 105 cm³/mol. The Morgan fingerprint density at radius 2 is 1.65 bits per heavy atom. The Morgan fingerprint density at radius 1 is 0.941 bits per heavy atom. The summed E-state index contributed by atoms with van der Waals surface area (Å²) in [5.41, 5.74) is -2.31. The normalized spacial score (nSPS) is 11.9. The molecule has 0 aliphatic rings. The minimum atomic E-state index is -4.91. The molecule has 0 spiro atoms. The van der Waals surface area contributed by atoms with Crippen LogP contribution < -0.4 is 10.1 Å². The molecule has 0 fully saturated rings. The van der Waals surface area contributed by atoms with Gasteiger partial charge in [-0.1, -0.05) is 0 Å². The second-order valence-electron chi connectivity index (χ2n) is 6.82. The third-order valence-electron chi connectivity index (χ3n) is 4.41. The lowest BCUT2D eigenvalue weighted by Crippen LogP contribution is -2.16. The molecule has 0 aliphatic heterocycles. The predicted octanol–water partition coefficient (Wildman–Crippen LogP) is 6.07. The quantitative estimate of drug-likeness (QED) is 0.358. The van der Waals surface area contributed by atoms with Crippen molar-refractivity contribution in [3.05, 3.63) is 71.8 Å². The summed E-state index contributed by atoms with van der Waals surface area (Å²) in [4.78, 5) is 7.63. The molecule has 0 amide bonds. The van der Waals surface area contributed by atoms with Gasteiger partial charge in [0.15, 0.2) is 5.69 Å². The van der Waals surface area contributed by atoms with Gasteiger partial charge in [0.2, 0.25) is 0 Å². The number of anilines is 2. The Kier molecular flexibility index (Phi) is 5.52. The van der Waals surface area contributed by atoms with Gasteiger partial charge in [-0.25, -0.2) is 14.4 Å². The van der Waals surface area contributed by atoms with Gasteiger partial charge in [0.1, 0.15) is 28.7 Å². The van der Waals surface area contributed by atoms with E-state index in [0.29, 0.717) is 0 Å². The molecule has 0 bridgehead atoms. The molecule has 0 unspecified atom stereocenters. The first-order valence-electron chi connectivity index (χ1n) is 9.23. The zero-order valence-electron chi connectivity index (χ0n) is 16.5. The molecule has 0 saturated heterocycles. The van der Waals surface area contributed by atoms with Crippen LogP contribution in [0.3, 0.4) is 0 Å².